The zero-order chi connectivity index (χ0) is 21.1. The van der Waals surface area contributed by atoms with Crippen LogP contribution in [0.25, 0.3) is 0 Å². The smallest absolute Gasteiger partial charge is 0.380 e. The van der Waals surface area contributed by atoms with Crippen LogP contribution in [0.15, 0.2) is 12.1 Å². The molecule has 0 amide bonds. The van der Waals surface area contributed by atoms with Gasteiger partial charge in [0.2, 0.25) is 0 Å². The lowest BCUT2D eigenvalue weighted by Gasteiger charge is -2.39. The first kappa shape index (κ1) is 24.2. The summed E-state index contributed by atoms with van der Waals surface area (Å²) < 4.78 is 26.3. The van der Waals surface area contributed by atoms with Gasteiger partial charge in [0.25, 0.3) is 0 Å². The van der Waals surface area contributed by atoms with Crippen LogP contribution in [0.2, 0.25) is 10.0 Å². The van der Waals surface area contributed by atoms with Crippen LogP contribution in [0.5, 0.6) is 5.75 Å². The van der Waals surface area contributed by atoms with E-state index in [9.17, 15) is 20.4 Å². The normalized spacial score (nSPS) is 28.4. The molecule has 0 aromatic heterocycles. The summed E-state index contributed by atoms with van der Waals surface area (Å²) in [6.07, 6.45) is -6.87. The maximum absolute atomic E-state index is 9.98. The van der Waals surface area contributed by atoms with Crippen molar-refractivity contribution in [1.29, 1.82) is 0 Å². The molecule has 9 nitrogen and oxygen atoms in total. The summed E-state index contributed by atoms with van der Waals surface area (Å²) in [5.41, 5.74) is 0.502. The van der Waals surface area contributed by atoms with Crippen LogP contribution in [-0.4, -0.2) is 72.0 Å². The second-order valence-electron chi connectivity index (χ2n) is 5.80. The maximum Gasteiger partial charge on any atom is 0.380 e. The van der Waals surface area contributed by atoms with Gasteiger partial charge in [-0.1, -0.05) is 23.2 Å². The van der Waals surface area contributed by atoms with Crippen LogP contribution >= 0.6 is 29.9 Å². The lowest BCUT2D eigenvalue weighted by atomic mass is 9.99. The van der Waals surface area contributed by atoms with E-state index in [1.54, 1.807) is 0 Å². The highest BCUT2D eigenvalue weighted by molar-refractivity contribution is 8.07. The monoisotopic (exact) mass is 478 g/mol. The molecule has 28 heavy (non-hydrogen) atoms. The summed E-state index contributed by atoms with van der Waals surface area (Å²) in [5, 5.41) is 39.0. The molecule has 13 heteroatoms. The predicted molar refractivity (Wildman–Crippen MR) is 104 cm³/mol. The number of hydrogen-bond donors (Lipinski definition) is 4. The molecule has 1 saturated heterocycles. The Balaban J connectivity index is 2.10. The largest absolute Gasteiger partial charge is 0.421 e. The fourth-order valence-electron chi connectivity index (χ4n) is 2.43. The SMILES string of the molecule is COP(=S)(OC)Oc1c(Cl)cc(CO[C@@H]2O[C@H](CO)[C@@H](O)[C@H](O)[C@H]2O)cc1Cl. The molecule has 1 aromatic rings. The molecule has 1 aromatic carbocycles. The van der Waals surface area contributed by atoms with Crippen LogP contribution in [0.4, 0.5) is 0 Å². The van der Waals surface area contributed by atoms with Crippen molar-refractivity contribution >= 4 is 41.7 Å². The number of aliphatic hydroxyl groups is 4. The van der Waals surface area contributed by atoms with E-state index in [1.165, 1.54) is 26.4 Å². The number of rotatable bonds is 8. The van der Waals surface area contributed by atoms with Gasteiger partial charge >= 0.3 is 6.72 Å². The van der Waals surface area contributed by atoms with Crippen molar-refractivity contribution in [3.8, 4) is 5.75 Å². The molecule has 160 valence electrons. The van der Waals surface area contributed by atoms with Crippen LogP contribution in [0.3, 0.4) is 0 Å². The topological polar surface area (TPSA) is 127 Å². The molecule has 1 aliphatic rings. The minimum Gasteiger partial charge on any atom is -0.421 e. The van der Waals surface area contributed by atoms with Crippen molar-refractivity contribution in [1.82, 2.24) is 0 Å². The van der Waals surface area contributed by atoms with Crippen molar-refractivity contribution in [2.75, 3.05) is 20.8 Å². The minimum absolute atomic E-state index is 0.0898. The number of hydrogen-bond acceptors (Lipinski definition) is 10. The lowest BCUT2D eigenvalue weighted by molar-refractivity contribution is -0.304. The van der Waals surface area contributed by atoms with Gasteiger partial charge in [-0.25, -0.2) is 0 Å². The first-order valence-corrected chi connectivity index (χ1v) is 11.3. The highest BCUT2D eigenvalue weighted by Crippen LogP contribution is 2.51. The summed E-state index contributed by atoms with van der Waals surface area (Å²) in [5.74, 6) is 0.0898. The van der Waals surface area contributed by atoms with Crippen LogP contribution in [-0.2, 0) is 36.9 Å². The first-order valence-electron chi connectivity index (χ1n) is 7.97. The molecular weight excluding hydrogens is 458 g/mol. The average molecular weight is 479 g/mol. The number of benzene rings is 1. The Labute approximate surface area is 176 Å². The van der Waals surface area contributed by atoms with Crippen LogP contribution in [0.1, 0.15) is 5.56 Å². The summed E-state index contributed by atoms with van der Waals surface area (Å²) in [7, 11) is 2.68. The molecule has 0 unspecified atom stereocenters. The quantitative estimate of drug-likeness (QED) is 0.404. The number of aliphatic hydroxyl groups excluding tert-OH is 4. The highest BCUT2D eigenvalue weighted by Gasteiger charge is 2.44. The van der Waals surface area contributed by atoms with E-state index < -0.39 is 44.0 Å². The Morgan fingerprint density at radius 3 is 2.14 bits per heavy atom. The van der Waals surface area contributed by atoms with Gasteiger partial charge < -0.3 is 43.5 Å². The summed E-state index contributed by atoms with van der Waals surface area (Å²) in [4.78, 5) is 0. The maximum atomic E-state index is 9.98. The first-order chi connectivity index (χ1) is 13.2. The van der Waals surface area contributed by atoms with E-state index in [2.05, 4.69) is 0 Å². The highest BCUT2D eigenvalue weighted by atomic mass is 35.5. The van der Waals surface area contributed by atoms with Crippen molar-refractivity contribution in [2.24, 2.45) is 0 Å². The molecule has 2 rings (SSSR count). The van der Waals surface area contributed by atoms with Gasteiger partial charge in [0.1, 0.15) is 24.4 Å². The zero-order valence-electron chi connectivity index (χ0n) is 14.9. The average Bonchev–Trinajstić information content (AvgIpc) is 2.68. The third kappa shape index (κ3) is 5.54. The van der Waals surface area contributed by atoms with Crippen molar-refractivity contribution in [2.45, 2.75) is 37.3 Å². The second-order valence-corrected chi connectivity index (χ2v) is 9.76. The Bertz CT molecular complexity index is 692. The number of ether oxygens (including phenoxy) is 2. The van der Waals surface area contributed by atoms with E-state index in [-0.39, 0.29) is 22.4 Å². The third-order valence-electron chi connectivity index (χ3n) is 3.97. The Morgan fingerprint density at radius 1 is 1.07 bits per heavy atom. The van der Waals surface area contributed by atoms with Gasteiger partial charge in [0.05, 0.1) is 23.3 Å². The van der Waals surface area contributed by atoms with Crippen molar-refractivity contribution in [3.63, 3.8) is 0 Å². The standard InChI is InChI=1S/C15H21Cl2O9PS/c1-22-27(28,23-2)26-14-8(16)3-7(4-9(14)17)6-24-15-13(21)12(20)11(19)10(5-18)25-15/h3-4,10-13,15,18-21H,5-6H2,1-2H3/t10-,11-,12+,13-,15-/m1/s1. The summed E-state index contributed by atoms with van der Waals surface area (Å²) in [6.45, 7) is -3.70. The molecular formula is C15H21Cl2O9PS. The second kappa shape index (κ2) is 10.3. The zero-order valence-corrected chi connectivity index (χ0v) is 18.1. The lowest BCUT2D eigenvalue weighted by Crippen LogP contribution is -2.59. The van der Waals surface area contributed by atoms with E-state index in [0.717, 1.165) is 0 Å². The summed E-state index contributed by atoms with van der Waals surface area (Å²) in [6, 6.07) is 3.00. The number of halogens is 2. The van der Waals surface area contributed by atoms with Crippen LogP contribution in [0, 0.1) is 0 Å². The molecule has 0 aliphatic carbocycles. The minimum atomic E-state index is -3.04. The van der Waals surface area contributed by atoms with E-state index >= 15 is 0 Å². The van der Waals surface area contributed by atoms with E-state index in [4.69, 9.17) is 58.1 Å². The van der Waals surface area contributed by atoms with Crippen molar-refractivity contribution < 1.29 is 43.5 Å². The molecule has 4 N–H and O–H groups in total. The van der Waals surface area contributed by atoms with Gasteiger partial charge in [-0.15, -0.1) is 0 Å². The molecule has 0 spiro atoms. The Morgan fingerprint density at radius 2 is 1.64 bits per heavy atom. The van der Waals surface area contributed by atoms with Crippen LogP contribution < -0.4 is 4.52 Å². The predicted octanol–water partition coefficient (Wildman–Crippen LogP) is 1.21. The molecule has 1 aliphatic heterocycles. The van der Waals surface area contributed by atoms with Gasteiger partial charge in [-0.3, -0.25) is 0 Å². The molecule has 0 radical (unpaired) electrons. The Hall–Kier alpha value is -0.0700. The third-order valence-corrected chi connectivity index (χ3v) is 6.95. The molecule has 1 fully saturated rings. The fraction of sp³-hybridized carbons (Fsp3) is 0.600. The van der Waals surface area contributed by atoms with Gasteiger partial charge in [0, 0.05) is 26.0 Å². The molecule has 0 saturated carbocycles. The van der Waals surface area contributed by atoms with Gasteiger partial charge in [-0.2, -0.15) is 0 Å². The van der Waals surface area contributed by atoms with Gasteiger partial charge in [-0.05, 0) is 17.7 Å². The molecule has 0 bridgehead atoms. The molecule has 5 atom stereocenters. The fourth-order valence-corrected chi connectivity index (χ4v) is 4.09. The Kier molecular flexibility index (Phi) is 8.90. The molecule has 1 heterocycles. The van der Waals surface area contributed by atoms with E-state index in [0.29, 0.717) is 5.56 Å². The summed E-state index contributed by atoms with van der Waals surface area (Å²) >= 11 is 17.5. The van der Waals surface area contributed by atoms with Gasteiger partial charge in [0.15, 0.2) is 12.0 Å². The van der Waals surface area contributed by atoms with E-state index in [1.807, 2.05) is 0 Å². The van der Waals surface area contributed by atoms with Crippen molar-refractivity contribution in [3.05, 3.63) is 27.7 Å².